The zero-order valence-electron chi connectivity index (χ0n) is 15.2. The second-order valence-electron chi connectivity index (χ2n) is 6.79. The Hall–Kier alpha value is -2.37. The van der Waals surface area contributed by atoms with Gasteiger partial charge in [0.2, 0.25) is 5.91 Å². The molecule has 2 aromatic carbocycles. The number of benzene rings is 2. The van der Waals surface area contributed by atoms with Gasteiger partial charge in [0.1, 0.15) is 0 Å². The quantitative estimate of drug-likeness (QED) is 0.803. The number of nitrogens with zero attached hydrogens (tertiary/aromatic N) is 1. The van der Waals surface area contributed by atoms with Gasteiger partial charge in [0, 0.05) is 36.3 Å². The molecule has 0 atom stereocenters. The highest BCUT2D eigenvalue weighted by molar-refractivity contribution is 6.30. The predicted molar refractivity (Wildman–Crippen MR) is 107 cm³/mol. The van der Waals surface area contributed by atoms with E-state index in [1.165, 1.54) is 0 Å². The zero-order valence-corrected chi connectivity index (χ0v) is 15.9. The van der Waals surface area contributed by atoms with Gasteiger partial charge < -0.3 is 10.6 Å². The van der Waals surface area contributed by atoms with E-state index in [1.54, 1.807) is 0 Å². The first-order valence-electron chi connectivity index (χ1n) is 9.19. The summed E-state index contributed by atoms with van der Waals surface area (Å²) in [6, 6.07) is 16.9. The number of rotatable bonds is 6. The highest BCUT2D eigenvalue weighted by atomic mass is 35.5. The van der Waals surface area contributed by atoms with E-state index in [4.69, 9.17) is 11.6 Å². The van der Waals surface area contributed by atoms with Gasteiger partial charge in [-0.1, -0.05) is 41.9 Å². The monoisotopic (exact) mass is 385 g/mol. The van der Waals surface area contributed by atoms with Crippen LogP contribution in [0.15, 0.2) is 54.6 Å². The Bertz CT molecular complexity index is 757. The fourth-order valence-electron chi connectivity index (χ4n) is 3.16. The number of hydrogen-bond acceptors (Lipinski definition) is 3. The van der Waals surface area contributed by atoms with Crippen molar-refractivity contribution in [3.8, 4) is 0 Å². The van der Waals surface area contributed by atoms with E-state index in [1.807, 2.05) is 54.6 Å². The first-order chi connectivity index (χ1) is 13.1. The molecule has 142 valence electrons. The molecule has 1 heterocycles. The summed E-state index contributed by atoms with van der Waals surface area (Å²) in [5.74, 6) is -0.0218. The van der Waals surface area contributed by atoms with Crippen LogP contribution in [0.3, 0.4) is 0 Å². The Kier molecular flexibility index (Phi) is 6.85. The first kappa shape index (κ1) is 19.4. The molecule has 0 aliphatic carbocycles. The summed E-state index contributed by atoms with van der Waals surface area (Å²) in [4.78, 5) is 26.5. The Morgan fingerprint density at radius 2 is 1.67 bits per heavy atom. The molecule has 2 aromatic rings. The highest BCUT2D eigenvalue weighted by Crippen LogP contribution is 2.12. The molecule has 0 saturated carbocycles. The van der Waals surface area contributed by atoms with Crippen LogP contribution in [0.25, 0.3) is 0 Å². The largest absolute Gasteiger partial charge is 0.351 e. The third-order valence-corrected chi connectivity index (χ3v) is 4.98. The average Bonchev–Trinajstić information content (AvgIpc) is 2.70. The molecule has 0 bridgehead atoms. The van der Waals surface area contributed by atoms with Crippen molar-refractivity contribution in [2.45, 2.75) is 25.4 Å². The van der Waals surface area contributed by atoms with E-state index in [0.717, 1.165) is 31.5 Å². The lowest BCUT2D eigenvalue weighted by Gasteiger charge is -2.31. The van der Waals surface area contributed by atoms with Crippen molar-refractivity contribution < 1.29 is 9.59 Å². The van der Waals surface area contributed by atoms with Gasteiger partial charge in [-0.15, -0.1) is 0 Å². The molecule has 2 amide bonds. The van der Waals surface area contributed by atoms with Gasteiger partial charge >= 0.3 is 0 Å². The maximum Gasteiger partial charge on any atom is 0.251 e. The summed E-state index contributed by atoms with van der Waals surface area (Å²) < 4.78 is 0. The maximum absolute atomic E-state index is 12.2. The normalized spacial score (nSPS) is 15.3. The van der Waals surface area contributed by atoms with Crippen LogP contribution < -0.4 is 10.6 Å². The lowest BCUT2D eigenvalue weighted by atomic mass is 10.0. The minimum Gasteiger partial charge on any atom is -0.351 e. The zero-order chi connectivity index (χ0) is 19.1. The fraction of sp³-hybridized carbons (Fsp3) is 0.333. The number of piperidine rings is 1. The van der Waals surface area contributed by atoms with E-state index in [2.05, 4.69) is 15.5 Å². The summed E-state index contributed by atoms with van der Waals surface area (Å²) >= 11 is 5.86. The first-order valence-corrected chi connectivity index (χ1v) is 9.57. The van der Waals surface area contributed by atoms with Crippen molar-refractivity contribution in [2.75, 3.05) is 19.6 Å². The molecule has 2 N–H and O–H groups in total. The van der Waals surface area contributed by atoms with Crippen molar-refractivity contribution in [3.05, 3.63) is 70.7 Å². The third-order valence-electron chi connectivity index (χ3n) is 4.73. The van der Waals surface area contributed by atoms with Crippen LogP contribution in [-0.2, 0) is 11.3 Å². The summed E-state index contributed by atoms with van der Waals surface area (Å²) in [5.41, 5.74) is 1.71. The molecule has 1 saturated heterocycles. The lowest BCUT2D eigenvalue weighted by molar-refractivity contribution is -0.122. The van der Waals surface area contributed by atoms with Crippen LogP contribution in [0.1, 0.15) is 28.8 Å². The third kappa shape index (κ3) is 6.08. The molecule has 1 aliphatic heterocycles. The average molecular weight is 386 g/mol. The van der Waals surface area contributed by atoms with Gasteiger partial charge in [0.05, 0.1) is 6.54 Å². The van der Waals surface area contributed by atoms with E-state index in [0.29, 0.717) is 23.7 Å². The summed E-state index contributed by atoms with van der Waals surface area (Å²) in [6.45, 7) is 2.48. The molecule has 0 radical (unpaired) electrons. The van der Waals surface area contributed by atoms with Gasteiger partial charge in [-0.3, -0.25) is 14.5 Å². The summed E-state index contributed by atoms with van der Waals surface area (Å²) in [6.07, 6.45) is 1.70. The number of carbonyl (C=O) groups excluding carboxylic acids is 2. The van der Waals surface area contributed by atoms with Crippen LogP contribution in [-0.4, -0.2) is 42.4 Å². The Labute approximate surface area is 164 Å². The predicted octanol–water partition coefficient (Wildman–Crippen LogP) is 2.85. The standard InChI is InChI=1S/C21H24ClN3O2/c22-18-8-6-16(7-9-18)14-23-20(26)15-25-12-10-19(11-13-25)24-21(27)17-4-2-1-3-5-17/h1-9,19H,10-15H2,(H,23,26)(H,24,27). The summed E-state index contributed by atoms with van der Waals surface area (Å²) in [5, 5.41) is 6.71. The van der Waals surface area contributed by atoms with Gasteiger partial charge in [-0.2, -0.15) is 0 Å². The number of amides is 2. The SMILES string of the molecule is O=C(CN1CCC(NC(=O)c2ccccc2)CC1)NCc1ccc(Cl)cc1. The number of likely N-dealkylation sites (tertiary alicyclic amines) is 1. The molecule has 27 heavy (non-hydrogen) atoms. The lowest BCUT2D eigenvalue weighted by Crippen LogP contribution is -2.47. The van der Waals surface area contributed by atoms with E-state index in [9.17, 15) is 9.59 Å². The number of nitrogens with one attached hydrogen (secondary N) is 2. The molecule has 5 nitrogen and oxygen atoms in total. The molecule has 0 unspecified atom stereocenters. The topological polar surface area (TPSA) is 61.4 Å². The number of hydrogen-bond donors (Lipinski definition) is 2. The van der Waals surface area contributed by atoms with Crippen LogP contribution in [0.2, 0.25) is 5.02 Å². The molecule has 3 rings (SSSR count). The molecular formula is C21H24ClN3O2. The summed E-state index contributed by atoms with van der Waals surface area (Å²) in [7, 11) is 0. The van der Waals surface area contributed by atoms with Crippen LogP contribution in [0.4, 0.5) is 0 Å². The van der Waals surface area contributed by atoms with Crippen LogP contribution in [0, 0.1) is 0 Å². The smallest absolute Gasteiger partial charge is 0.251 e. The molecule has 6 heteroatoms. The van der Waals surface area contributed by atoms with E-state index < -0.39 is 0 Å². The minimum absolute atomic E-state index is 0.0109. The van der Waals surface area contributed by atoms with Gasteiger partial charge in [0.15, 0.2) is 0 Å². The van der Waals surface area contributed by atoms with Crippen molar-refractivity contribution in [1.29, 1.82) is 0 Å². The van der Waals surface area contributed by atoms with Crippen molar-refractivity contribution in [3.63, 3.8) is 0 Å². The van der Waals surface area contributed by atoms with Gasteiger partial charge in [-0.25, -0.2) is 0 Å². The molecule has 1 fully saturated rings. The Morgan fingerprint density at radius 3 is 2.33 bits per heavy atom. The Balaban J connectivity index is 1.37. The highest BCUT2D eigenvalue weighted by Gasteiger charge is 2.22. The Morgan fingerprint density at radius 1 is 1.00 bits per heavy atom. The number of halogens is 1. The van der Waals surface area contributed by atoms with Crippen LogP contribution in [0.5, 0.6) is 0 Å². The number of carbonyl (C=O) groups is 2. The van der Waals surface area contributed by atoms with Crippen molar-refractivity contribution in [2.24, 2.45) is 0 Å². The van der Waals surface area contributed by atoms with E-state index >= 15 is 0 Å². The van der Waals surface area contributed by atoms with Crippen molar-refractivity contribution in [1.82, 2.24) is 15.5 Å². The van der Waals surface area contributed by atoms with Crippen molar-refractivity contribution >= 4 is 23.4 Å². The molecule has 0 spiro atoms. The molecule has 0 aromatic heterocycles. The maximum atomic E-state index is 12.2. The molecular weight excluding hydrogens is 362 g/mol. The van der Waals surface area contributed by atoms with E-state index in [-0.39, 0.29) is 17.9 Å². The second kappa shape index (κ2) is 9.53. The van der Waals surface area contributed by atoms with Gasteiger partial charge in [-0.05, 0) is 42.7 Å². The second-order valence-corrected chi connectivity index (χ2v) is 7.23. The minimum atomic E-state index is -0.0326. The van der Waals surface area contributed by atoms with Gasteiger partial charge in [0.25, 0.3) is 5.91 Å². The fourth-order valence-corrected chi connectivity index (χ4v) is 3.28. The van der Waals surface area contributed by atoms with Crippen LogP contribution >= 0.6 is 11.6 Å². The molecule has 1 aliphatic rings.